The molecule has 0 saturated carbocycles. The lowest BCUT2D eigenvalue weighted by molar-refractivity contribution is -0.120. The largest absolute Gasteiger partial charge is 0.451 e. The quantitative estimate of drug-likeness (QED) is 0.577. The van der Waals surface area contributed by atoms with Crippen molar-refractivity contribution in [2.24, 2.45) is 5.92 Å². The molecule has 1 unspecified atom stereocenters. The Morgan fingerprint density at radius 2 is 1.93 bits per heavy atom. The first kappa shape index (κ1) is 19.2. The molecule has 4 rings (SSSR count). The smallest absolute Gasteiger partial charge is 0.291 e. The average molecular weight is 391 g/mol. The number of amides is 2. The van der Waals surface area contributed by atoms with E-state index in [2.05, 4.69) is 16.0 Å². The minimum absolute atomic E-state index is 0.0232. The number of nitrogens with one attached hydrogen (secondary N) is 3. The van der Waals surface area contributed by atoms with Crippen LogP contribution in [0.15, 0.2) is 59.0 Å². The summed E-state index contributed by atoms with van der Waals surface area (Å²) in [6.07, 6.45) is 2.54. The van der Waals surface area contributed by atoms with Gasteiger partial charge < -0.3 is 20.4 Å². The van der Waals surface area contributed by atoms with Crippen LogP contribution in [-0.4, -0.2) is 31.4 Å². The Morgan fingerprint density at radius 1 is 1.10 bits per heavy atom. The van der Waals surface area contributed by atoms with Gasteiger partial charge in [0.1, 0.15) is 5.58 Å². The van der Waals surface area contributed by atoms with Gasteiger partial charge in [0.05, 0.1) is 6.42 Å². The van der Waals surface area contributed by atoms with Crippen LogP contribution in [0.2, 0.25) is 0 Å². The Morgan fingerprint density at radius 3 is 2.69 bits per heavy atom. The summed E-state index contributed by atoms with van der Waals surface area (Å²) in [6, 6.07) is 16.5. The zero-order valence-electron chi connectivity index (χ0n) is 16.2. The molecule has 0 bridgehead atoms. The molecule has 1 aliphatic heterocycles. The second-order valence-electron chi connectivity index (χ2n) is 7.47. The summed E-state index contributed by atoms with van der Waals surface area (Å²) in [6.45, 7) is 2.85. The highest BCUT2D eigenvalue weighted by atomic mass is 16.3. The maximum Gasteiger partial charge on any atom is 0.291 e. The number of carbonyl (C=O) groups excluding carboxylic acids is 2. The van der Waals surface area contributed by atoms with E-state index in [0.29, 0.717) is 23.6 Å². The zero-order valence-corrected chi connectivity index (χ0v) is 16.2. The van der Waals surface area contributed by atoms with E-state index in [9.17, 15) is 9.59 Å². The molecule has 1 aromatic heterocycles. The van der Waals surface area contributed by atoms with Crippen molar-refractivity contribution in [3.8, 4) is 0 Å². The Kier molecular flexibility index (Phi) is 5.91. The molecule has 1 saturated heterocycles. The van der Waals surface area contributed by atoms with Gasteiger partial charge in [-0.25, -0.2) is 0 Å². The topological polar surface area (TPSA) is 83.4 Å². The molecule has 1 aliphatic rings. The number of furan rings is 1. The van der Waals surface area contributed by atoms with Gasteiger partial charge in [-0.05, 0) is 61.7 Å². The number of anilines is 1. The fourth-order valence-corrected chi connectivity index (χ4v) is 3.62. The maximum atomic E-state index is 12.4. The minimum Gasteiger partial charge on any atom is -0.451 e. The second kappa shape index (κ2) is 8.92. The molecule has 3 N–H and O–H groups in total. The SMILES string of the molecule is O=C(Cc1ccc(NC(=O)c2cc3ccccc3o2)cc1)NCCC1CCNC1. The molecule has 3 aromatic rings. The molecule has 0 aliphatic carbocycles. The lowest BCUT2D eigenvalue weighted by Gasteiger charge is -2.10. The summed E-state index contributed by atoms with van der Waals surface area (Å²) in [4.78, 5) is 24.5. The average Bonchev–Trinajstić information content (AvgIpc) is 3.39. The van der Waals surface area contributed by atoms with E-state index in [4.69, 9.17) is 4.42 Å². The highest BCUT2D eigenvalue weighted by Gasteiger charge is 2.15. The second-order valence-corrected chi connectivity index (χ2v) is 7.47. The molecule has 0 spiro atoms. The van der Waals surface area contributed by atoms with Gasteiger partial charge in [0, 0.05) is 17.6 Å². The lowest BCUT2D eigenvalue weighted by Crippen LogP contribution is -2.27. The molecule has 1 atom stereocenters. The Labute approximate surface area is 169 Å². The van der Waals surface area contributed by atoms with E-state index >= 15 is 0 Å². The Balaban J connectivity index is 1.27. The van der Waals surface area contributed by atoms with Crippen molar-refractivity contribution >= 4 is 28.5 Å². The monoisotopic (exact) mass is 391 g/mol. The highest BCUT2D eigenvalue weighted by molar-refractivity contribution is 6.04. The van der Waals surface area contributed by atoms with Crippen LogP contribution < -0.4 is 16.0 Å². The van der Waals surface area contributed by atoms with E-state index in [0.717, 1.165) is 37.0 Å². The van der Waals surface area contributed by atoms with Crippen molar-refractivity contribution in [1.29, 1.82) is 0 Å². The van der Waals surface area contributed by atoms with E-state index < -0.39 is 0 Å². The number of carbonyl (C=O) groups is 2. The number of hydrogen-bond acceptors (Lipinski definition) is 4. The number of fused-ring (bicyclic) bond motifs is 1. The first-order valence-corrected chi connectivity index (χ1v) is 10.0. The summed E-state index contributed by atoms with van der Waals surface area (Å²) >= 11 is 0. The molecule has 6 nitrogen and oxygen atoms in total. The molecule has 150 valence electrons. The Hall–Kier alpha value is -3.12. The van der Waals surface area contributed by atoms with E-state index in [1.54, 1.807) is 18.2 Å². The van der Waals surface area contributed by atoms with E-state index in [1.807, 2.05) is 36.4 Å². The van der Waals surface area contributed by atoms with Gasteiger partial charge in [-0.15, -0.1) is 0 Å². The van der Waals surface area contributed by atoms with E-state index in [-0.39, 0.29) is 17.6 Å². The van der Waals surface area contributed by atoms with Gasteiger partial charge in [0.15, 0.2) is 5.76 Å². The third-order valence-electron chi connectivity index (χ3n) is 5.26. The van der Waals surface area contributed by atoms with Crippen LogP contribution in [0.5, 0.6) is 0 Å². The van der Waals surface area contributed by atoms with Gasteiger partial charge in [0.2, 0.25) is 5.91 Å². The fraction of sp³-hybridized carbons (Fsp3) is 0.304. The first-order chi connectivity index (χ1) is 14.2. The van der Waals surface area contributed by atoms with Gasteiger partial charge in [0.25, 0.3) is 5.91 Å². The maximum absolute atomic E-state index is 12.4. The van der Waals surface area contributed by atoms with Crippen molar-refractivity contribution in [1.82, 2.24) is 10.6 Å². The molecular weight excluding hydrogens is 366 g/mol. The summed E-state index contributed by atoms with van der Waals surface area (Å²) in [7, 11) is 0. The first-order valence-electron chi connectivity index (χ1n) is 10.0. The number of benzene rings is 2. The predicted octanol–water partition coefficient (Wildman–Crippen LogP) is 3.34. The minimum atomic E-state index is -0.298. The highest BCUT2D eigenvalue weighted by Crippen LogP contribution is 2.20. The van der Waals surface area contributed by atoms with Crippen LogP contribution in [0.1, 0.15) is 29.0 Å². The van der Waals surface area contributed by atoms with Gasteiger partial charge in [-0.2, -0.15) is 0 Å². The molecule has 1 fully saturated rings. The van der Waals surface area contributed by atoms with Crippen molar-refractivity contribution in [2.45, 2.75) is 19.3 Å². The van der Waals surface area contributed by atoms with E-state index in [1.165, 1.54) is 6.42 Å². The van der Waals surface area contributed by atoms with Gasteiger partial charge >= 0.3 is 0 Å². The fourth-order valence-electron chi connectivity index (χ4n) is 3.62. The summed E-state index contributed by atoms with van der Waals surface area (Å²) in [5.74, 6) is 0.667. The van der Waals surface area contributed by atoms with Crippen LogP contribution in [-0.2, 0) is 11.2 Å². The van der Waals surface area contributed by atoms with Crippen molar-refractivity contribution < 1.29 is 14.0 Å². The third-order valence-corrected chi connectivity index (χ3v) is 5.26. The normalized spacial score (nSPS) is 16.1. The number of rotatable bonds is 7. The molecular formula is C23H25N3O3. The number of hydrogen-bond donors (Lipinski definition) is 3. The number of para-hydroxylation sites is 1. The van der Waals surface area contributed by atoms with Crippen LogP contribution >= 0.6 is 0 Å². The third kappa shape index (κ3) is 5.03. The van der Waals surface area contributed by atoms with Crippen molar-refractivity contribution in [2.75, 3.05) is 25.0 Å². The molecule has 29 heavy (non-hydrogen) atoms. The lowest BCUT2D eigenvalue weighted by atomic mass is 10.1. The summed E-state index contributed by atoms with van der Waals surface area (Å²) in [5.41, 5.74) is 2.25. The van der Waals surface area contributed by atoms with Gasteiger partial charge in [-0.3, -0.25) is 9.59 Å². The predicted molar refractivity (Wildman–Crippen MR) is 113 cm³/mol. The van der Waals surface area contributed by atoms with Crippen LogP contribution in [0.3, 0.4) is 0 Å². The van der Waals surface area contributed by atoms with Crippen molar-refractivity contribution in [3.05, 3.63) is 65.9 Å². The molecule has 0 radical (unpaired) electrons. The standard InChI is InChI=1S/C23H25N3O3/c27-22(25-12-10-17-9-11-24-15-17)13-16-5-7-19(8-6-16)26-23(28)21-14-18-3-1-2-4-20(18)29-21/h1-8,14,17,24H,9-13,15H2,(H,25,27)(H,26,28). The van der Waals surface area contributed by atoms with Crippen LogP contribution in [0, 0.1) is 5.92 Å². The zero-order chi connectivity index (χ0) is 20.1. The molecule has 2 aromatic carbocycles. The molecule has 2 amide bonds. The van der Waals surface area contributed by atoms with Crippen LogP contribution in [0.25, 0.3) is 11.0 Å². The molecule has 6 heteroatoms. The van der Waals surface area contributed by atoms with Gasteiger partial charge in [-0.1, -0.05) is 30.3 Å². The molecule has 2 heterocycles. The summed E-state index contributed by atoms with van der Waals surface area (Å²) < 4.78 is 5.58. The summed E-state index contributed by atoms with van der Waals surface area (Å²) in [5, 5.41) is 10.0. The van der Waals surface area contributed by atoms with Crippen LogP contribution in [0.4, 0.5) is 5.69 Å². The Bertz CT molecular complexity index is 955. The van der Waals surface area contributed by atoms with Crippen molar-refractivity contribution in [3.63, 3.8) is 0 Å².